The van der Waals surface area contributed by atoms with Crippen LogP contribution in [0.25, 0.3) is 0 Å². The molecule has 0 radical (unpaired) electrons. The minimum Gasteiger partial charge on any atom is -0.459 e. The molecule has 1 saturated carbocycles. The fraction of sp³-hybridized carbons (Fsp3) is 0.727. The molecule has 1 aliphatic carbocycles. The summed E-state index contributed by atoms with van der Waals surface area (Å²) >= 11 is 0. The Morgan fingerprint density at radius 2 is 1.82 bits per heavy atom. The number of ether oxygens (including phenoxy) is 1. The van der Waals surface area contributed by atoms with Gasteiger partial charge in [0.1, 0.15) is 0 Å². The van der Waals surface area contributed by atoms with E-state index < -0.39 is 17.9 Å². The SMILES string of the molecule is CCOC(=O)C(=O)N(C(N)=O)C1CCCCC1. The third-order valence-corrected chi connectivity index (χ3v) is 2.85. The first-order valence-electron chi connectivity index (χ1n) is 5.87. The lowest BCUT2D eigenvalue weighted by molar-refractivity contribution is -0.159. The molecule has 0 aromatic rings. The fourth-order valence-corrected chi connectivity index (χ4v) is 2.08. The van der Waals surface area contributed by atoms with E-state index in [4.69, 9.17) is 5.73 Å². The third kappa shape index (κ3) is 3.44. The number of esters is 1. The molecule has 96 valence electrons. The van der Waals surface area contributed by atoms with Gasteiger partial charge in [0.2, 0.25) is 0 Å². The van der Waals surface area contributed by atoms with Crippen LogP contribution in [0.1, 0.15) is 39.0 Å². The van der Waals surface area contributed by atoms with Gasteiger partial charge in [0.05, 0.1) is 6.61 Å². The zero-order chi connectivity index (χ0) is 12.8. The van der Waals surface area contributed by atoms with E-state index in [1.165, 1.54) is 0 Å². The van der Waals surface area contributed by atoms with Gasteiger partial charge >= 0.3 is 17.9 Å². The van der Waals surface area contributed by atoms with Crippen LogP contribution in [0.2, 0.25) is 0 Å². The fourth-order valence-electron chi connectivity index (χ4n) is 2.08. The van der Waals surface area contributed by atoms with Crippen LogP contribution in [0.15, 0.2) is 0 Å². The van der Waals surface area contributed by atoms with Crippen molar-refractivity contribution >= 4 is 17.9 Å². The molecule has 0 aromatic heterocycles. The number of carbonyl (C=O) groups excluding carboxylic acids is 3. The Kier molecular flexibility index (Phi) is 4.93. The summed E-state index contributed by atoms with van der Waals surface area (Å²) in [4.78, 5) is 35.1. The van der Waals surface area contributed by atoms with Gasteiger partial charge in [-0.2, -0.15) is 0 Å². The van der Waals surface area contributed by atoms with Crippen LogP contribution < -0.4 is 5.73 Å². The molecule has 0 heterocycles. The first kappa shape index (κ1) is 13.5. The Bertz CT molecular complexity index is 311. The molecule has 0 unspecified atom stereocenters. The second kappa shape index (κ2) is 6.22. The zero-order valence-electron chi connectivity index (χ0n) is 9.98. The van der Waals surface area contributed by atoms with E-state index in [0.29, 0.717) is 12.8 Å². The number of nitrogens with two attached hydrogens (primary N) is 1. The van der Waals surface area contributed by atoms with E-state index in [1.807, 2.05) is 0 Å². The minimum atomic E-state index is -1.02. The average molecular weight is 242 g/mol. The molecule has 1 rings (SSSR count). The number of imide groups is 1. The van der Waals surface area contributed by atoms with Crippen molar-refractivity contribution in [2.24, 2.45) is 5.73 Å². The molecule has 17 heavy (non-hydrogen) atoms. The van der Waals surface area contributed by atoms with Crippen molar-refractivity contribution in [3.05, 3.63) is 0 Å². The van der Waals surface area contributed by atoms with Gasteiger partial charge in [0.25, 0.3) is 0 Å². The molecule has 0 aliphatic heterocycles. The molecule has 0 aromatic carbocycles. The summed E-state index contributed by atoms with van der Waals surface area (Å²) in [6.45, 7) is 1.70. The van der Waals surface area contributed by atoms with Gasteiger partial charge in [0.15, 0.2) is 0 Å². The molecule has 6 nitrogen and oxygen atoms in total. The molecular weight excluding hydrogens is 224 g/mol. The lowest BCUT2D eigenvalue weighted by Gasteiger charge is -2.30. The van der Waals surface area contributed by atoms with Crippen molar-refractivity contribution in [3.8, 4) is 0 Å². The number of carbonyl (C=O) groups is 3. The normalized spacial score (nSPS) is 16.3. The van der Waals surface area contributed by atoms with Crippen LogP contribution in [-0.4, -0.2) is 35.5 Å². The van der Waals surface area contributed by atoms with Crippen molar-refractivity contribution in [3.63, 3.8) is 0 Å². The topological polar surface area (TPSA) is 89.7 Å². The minimum absolute atomic E-state index is 0.0990. The summed E-state index contributed by atoms with van der Waals surface area (Å²) in [5.74, 6) is -1.97. The predicted molar refractivity (Wildman–Crippen MR) is 59.9 cm³/mol. The standard InChI is InChI=1S/C11H18N2O4/c1-2-17-10(15)9(14)13(11(12)16)8-6-4-3-5-7-8/h8H,2-7H2,1H3,(H2,12,16). The second-order valence-corrected chi connectivity index (χ2v) is 4.03. The van der Waals surface area contributed by atoms with E-state index in [9.17, 15) is 14.4 Å². The Hall–Kier alpha value is -1.59. The van der Waals surface area contributed by atoms with Crippen LogP contribution in [0.4, 0.5) is 4.79 Å². The molecular formula is C11H18N2O4. The van der Waals surface area contributed by atoms with Gasteiger partial charge in [-0.05, 0) is 19.8 Å². The monoisotopic (exact) mass is 242 g/mol. The van der Waals surface area contributed by atoms with Gasteiger partial charge in [-0.25, -0.2) is 9.59 Å². The van der Waals surface area contributed by atoms with Gasteiger partial charge < -0.3 is 10.5 Å². The van der Waals surface area contributed by atoms with Gasteiger partial charge in [-0.15, -0.1) is 0 Å². The highest BCUT2D eigenvalue weighted by Crippen LogP contribution is 2.22. The van der Waals surface area contributed by atoms with E-state index in [0.717, 1.165) is 24.2 Å². The number of hydrogen-bond acceptors (Lipinski definition) is 4. The van der Waals surface area contributed by atoms with Crippen molar-refractivity contribution in [1.82, 2.24) is 4.90 Å². The molecule has 1 aliphatic rings. The van der Waals surface area contributed by atoms with Crippen LogP contribution in [0.3, 0.4) is 0 Å². The van der Waals surface area contributed by atoms with Crippen molar-refractivity contribution < 1.29 is 19.1 Å². The molecule has 6 heteroatoms. The lowest BCUT2D eigenvalue weighted by atomic mass is 9.94. The summed E-state index contributed by atoms with van der Waals surface area (Å²) < 4.78 is 4.59. The maximum absolute atomic E-state index is 11.7. The number of nitrogens with zero attached hydrogens (tertiary/aromatic N) is 1. The van der Waals surface area contributed by atoms with Crippen molar-refractivity contribution in [2.45, 2.75) is 45.1 Å². The van der Waals surface area contributed by atoms with Crippen molar-refractivity contribution in [2.75, 3.05) is 6.61 Å². The largest absolute Gasteiger partial charge is 0.459 e. The number of amides is 3. The number of primary amides is 1. The quantitative estimate of drug-likeness (QED) is 0.572. The Morgan fingerprint density at radius 1 is 1.24 bits per heavy atom. The van der Waals surface area contributed by atoms with E-state index in [-0.39, 0.29) is 12.6 Å². The number of hydrogen-bond donors (Lipinski definition) is 1. The zero-order valence-corrected chi connectivity index (χ0v) is 9.98. The average Bonchev–Trinajstić information content (AvgIpc) is 2.30. The molecule has 0 bridgehead atoms. The van der Waals surface area contributed by atoms with Crippen LogP contribution >= 0.6 is 0 Å². The molecule has 0 spiro atoms. The first-order chi connectivity index (χ1) is 8.07. The molecule has 3 amide bonds. The number of rotatable bonds is 2. The lowest BCUT2D eigenvalue weighted by Crippen LogP contribution is -2.51. The summed E-state index contributed by atoms with van der Waals surface area (Å²) in [6.07, 6.45) is 4.36. The predicted octanol–water partition coefficient (Wildman–Crippen LogP) is 0.789. The van der Waals surface area contributed by atoms with E-state index in [2.05, 4.69) is 4.74 Å². The molecule has 0 saturated heterocycles. The second-order valence-electron chi connectivity index (χ2n) is 4.03. The summed E-state index contributed by atoms with van der Waals surface area (Å²) in [7, 11) is 0. The first-order valence-corrected chi connectivity index (χ1v) is 5.87. The summed E-state index contributed by atoms with van der Waals surface area (Å²) in [5, 5.41) is 0. The molecule has 2 N–H and O–H groups in total. The number of urea groups is 1. The Morgan fingerprint density at radius 3 is 2.29 bits per heavy atom. The molecule has 0 atom stereocenters. The summed E-state index contributed by atoms with van der Waals surface area (Å²) in [6, 6.07) is -1.15. The van der Waals surface area contributed by atoms with Gasteiger partial charge in [-0.3, -0.25) is 9.69 Å². The van der Waals surface area contributed by atoms with E-state index in [1.54, 1.807) is 6.92 Å². The van der Waals surface area contributed by atoms with Gasteiger partial charge in [-0.1, -0.05) is 19.3 Å². The highest BCUT2D eigenvalue weighted by molar-refractivity contribution is 6.35. The Balaban J connectivity index is 2.73. The van der Waals surface area contributed by atoms with Crippen LogP contribution in [-0.2, 0) is 14.3 Å². The molecule has 1 fully saturated rings. The maximum atomic E-state index is 11.7. The highest BCUT2D eigenvalue weighted by atomic mass is 16.5. The smallest absolute Gasteiger partial charge is 0.397 e. The maximum Gasteiger partial charge on any atom is 0.397 e. The third-order valence-electron chi connectivity index (χ3n) is 2.85. The van der Waals surface area contributed by atoms with Crippen molar-refractivity contribution in [1.29, 1.82) is 0 Å². The Labute approximate surface area is 100 Å². The van der Waals surface area contributed by atoms with Crippen LogP contribution in [0, 0.1) is 0 Å². The van der Waals surface area contributed by atoms with E-state index >= 15 is 0 Å². The highest BCUT2D eigenvalue weighted by Gasteiger charge is 2.34. The van der Waals surface area contributed by atoms with Gasteiger partial charge in [0, 0.05) is 6.04 Å². The van der Waals surface area contributed by atoms with Crippen LogP contribution in [0.5, 0.6) is 0 Å². The summed E-state index contributed by atoms with van der Waals surface area (Å²) in [5.41, 5.74) is 5.16.